The van der Waals surface area contributed by atoms with Crippen LogP contribution in [0.4, 0.5) is 0 Å². The van der Waals surface area contributed by atoms with Crippen molar-refractivity contribution in [1.29, 1.82) is 0 Å². The maximum atomic E-state index is 13.1. The number of esters is 4. The summed E-state index contributed by atoms with van der Waals surface area (Å²) >= 11 is 0. The van der Waals surface area contributed by atoms with Crippen molar-refractivity contribution in [3.63, 3.8) is 0 Å². The normalized spacial score (nSPS) is 14.9. The van der Waals surface area contributed by atoms with Gasteiger partial charge in [0, 0.05) is 19.3 Å². The number of ether oxygens (including phenoxy) is 4. The number of carbonyl (C=O) groups is 4. The number of aliphatic hydroxyl groups is 1. The molecule has 0 fully saturated rings. The molecule has 0 rings (SSSR count). The first-order chi connectivity index (χ1) is 50.7. The van der Waals surface area contributed by atoms with Gasteiger partial charge < -0.3 is 33.8 Å². The zero-order chi connectivity index (χ0) is 76.0. The molecule has 0 spiro atoms. The number of unbranched alkanes of at least 4 members (excludes halogenated alkanes) is 16. The van der Waals surface area contributed by atoms with Gasteiger partial charge in [-0.2, -0.15) is 0 Å². The minimum absolute atomic E-state index is 0.0521. The highest BCUT2D eigenvalue weighted by molar-refractivity contribution is 7.47. The third-order valence-corrected chi connectivity index (χ3v) is 17.3. The van der Waals surface area contributed by atoms with Crippen LogP contribution in [0, 0.1) is 0 Å². The summed E-state index contributed by atoms with van der Waals surface area (Å²) in [5.41, 5.74) is 0. The Kier molecular flexibility index (Phi) is 71.2. The predicted octanol–water partition coefficient (Wildman–Crippen LogP) is 22.8. The average molecular weight is 1490 g/mol. The van der Waals surface area contributed by atoms with Gasteiger partial charge in [-0.15, -0.1) is 0 Å². The van der Waals surface area contributed by atoms with E-state index in [4.69, 9.17) is 37.0 Å². The summed E-state index contributed by atoms with van der Waals surface area (Å²) in [7, 11) is -10.0. The number of aliphatic hydroxyl groups excluding tert-OH is 1. The topological polar surface area (TPSA) is 237 Å². The first-order valence-electron chi connectivity index (χ1n) is 39.0. The van der Waals surface area contributed by atoms with Crippen molar-refractivity contribution in [1.82, 2.24) is 0 Å². The molecule has 0 aliphatic carbocycles. The number of rotatable bonds is 71. The van der Waals surface area contributed by atoms with Gasteiger partial charge in [0.2, 0.25) is 0 Å². The number of hydrogen-bond donors (Lipinski definition) is 3. The minimum atomic E-state index is -5.01. The Morgan fingerprint density at radius 3 is 0.856 bits per heavy atom. The fourth-order valence-electron chi connectivity index (χ4n) is 9.55. The third kappa shape index (κ3) is 74.4. The second kappa shape index (κ2) is 75.4. The summed E-state index contributed by atoms with van der Waals surface area (Å²) < 4.78 is 68.4. The van der Waals surface area contributed by atoms with Crippen molar-refractivity contribution in [3.8, 4) is 0 Å². The van der Waals surface area contributed by atoms with Gasteiger partial charge in [0.15, 0.2) is 12.2 Å². The first-order valence-corrected chi connectivity index (χ1v) is 42.0. The lowest BCUT2D eigenvalue weighted by molar-refractivity contribution is -0.161. The lowest BCUT2D eigenvalue weighted by atomic mass is 10.1. The van der Waals surface area contributed by atoms with E-state index in [1.165, 1.54) is 0 Å². The van der Waals surface area contributed by atoms with Crippen LogP contribution in [0.1, 0.15) is 272 Å². The molecule has 5 atom stereocenters. The average Bonchev–Trinajstić information content (AvgIpc) is 0.916. The zero-order valence-electron chi connectivity index (χ0n) is 64.1. The standard InChI is InChI=1S/C85H136O17P2/c1-5-9-13-17-21-25-29-33-36-38-39-41-43-47-50-54-58-62-66-70-83(88)96-76-81(102-85(90)72-68-64-60-56-52-48-44-40-37-34-30-26-22-18-14-10-6-2)78-100-104(93,94)98-74-79(86)73-97-103(91,92)99-77-80(101-84(89)71-67-63-59-55-51-45-32-28-24-20-16-12-8-4)75-95-82(87)69-65-61-57-53-49-46-42-35-31-27-23-19-15-11-7-3/h9-11,13-16,20-23,25-28,32-37,39,41-42,44,48-49,53,61,65,79-81,86H,5-8,12,17-19,24,29-31,38,40,43,45-47,50-52,54-60,62-64,66-78H2,1-4H3,(H,91,92)(H,93,94)/b13-9-,14-10-,15-11-,20-16-,25-21-,26-22-,27-23-,32-28-,36-33-,37-34-,41-39-,42-35-,48-44-,53-49-,65-61-. The van der Waals surface area contributed by atoms with Crippen LogP contribution in [0.15, 0.2) is 182 Å². The van der Waals surface area contributed by atoms with Gasteiger partial charge >= 0.3 is 39.5 Å². The molecule has 3 N–H and O–H groups in total. The Bertz CT molecular complexity index is 2690. The van der Waals surface area contributed by atoms with Crippen LogP contribution in [0.3, 0.4) is 0 Å². The van der Waals surface area contributed by atoms with E-state index in [9.17, 15) is 43.2 Å². The highest BCUT2D eigenvalue weighted by atomic mass is 31.2. The molecule has 19 heteroatoms. The summed E-state index contributed by atoms with van der Waals surface area (Å²) in [6, 6.07) is 0. The van der Waals surface area contributed by atoms with E-state index in [0.717, 1.165) is 193 Å². The molecule has 0 aromatic carbocycles. The van der Waals surface area contributed by atoms with Crippen molar-refractivity contribution in [2.75, 3.05) is 39.6 Å². The van der Waals surface area contributed by atoms with Crippen LogP contribution in [0.25, 0.3) is 0 Å². The summed E-state index contributed by atoms with van der Waals surface area (Å²) in [6.45, 7) is 4.26. The molecule has 0 saturated heterocycles. The van der Waals surface area contributed by atoms with Crippen LogP contribution < -0.4 is 0 Å². The molecular weight excluding hydrogens is 1350 g/mol. The Labute approximate surface area is 628 Å². The Hall–Kier alpha value is -5.84. The van der Waals surface area contributed by atoms with E-state index in [0.29, 0.717) is 25.7 Å². The predicted molar refractivity (Wildman–Crippen MR) is 426 cm³/mol. The molecule has 0 aliphatic rings. The molecule has 0 radical (unpaired) electrons. The molecule has 0 saturated carbocycles. The highest BCUT2D eigenvalue weighted by Gasteiger charge is 2.30. The van der Waals surface area contributed by atoms with Gasteiger partial charge in [-0.05, 0) is 154 Å². The molecular formula is C85H136O17P2. The summed E-state index contributed by atoms with van der Waals surface area (Å²) in [4.78, 5) is 72.9. The number of allylic oxidation sites excluding steroid dienone is 29. The van der Waals surface area contributed by atoms with Crippen LogP contribution in [0.5, 0.6) is 0 Å². The van der Waals surface area contributed by atoms with Crippen LogP contribution in [0.2, 0.25) is 0 Å². The SMILES string of the molecule is CC/C=C\C/C=C\C/C=C\C/C=C\C/C=C\CC(=O)OCC(COP(=O)(O)OCC(O)COP(=O)(O)OCC(COC(=O)CCCCCCCC/C=C\C/C=C\C/C=C\C/C=C\CC)OC(=O)CCCCCC/C=C\C/C=C\C/C=C\C/C=C\CC)OC(=O)CCCCCCC/C=C\C/C=C\CCC. The monoisotopic (exact) mass is 1490 g/mol. The summed E-state index contributed by atoms with van der Waals surface area (Å²) in [5, 5.41) is 10.6. The van der Waals surface area contributed by atoms with Crippen molar-refractivity contribution in [2.24, 2.45) is 0 Å². The second-order valence-electron chi connectivity index (χ2n) is 25.2. The maximum absolute atomic E-state index is 13.1. The van der Waals surface area contributed by atoms with Crippen LogP contribution >= 0.6 is 15.6 Å². The van der Waals surface area contributed by atoms with Gasteiger partial charge in [0.05, 0.1) is 32.8 Å². The van der Waals surface area contributed by atoms with Gasteiger partial charge in [-0.1, -0.05) is 274 Å². The van der Waals surface area contributed by atoms with Crippen LogP contribution in [-0.4, -0.2) is 96.7 Å². The number of carbonyl (C=O) groups excluding carboxylic acids is 4. The first kappa shape index (κ1) is 98.2. The number of phosphoric acid groups is 2. The Morgan fingerprint density at radius 2 is 0.538 bits per heavy atom. The Morgan fingerprint density at radius 1 is 0.288 bits per heavy atom. The smallest absolute Gasteiger partial charge is 0.462 e. The molecule has 0 aromatic rings. The van der Waals surface area contributed by atoms with Gasteiger partial charge in [-0.25, -0.2) is 9.13 Å². The molecule has 17 nitrogen and oxygen atoms in total. The van der Waals surface area contributed by atoms with Crippen molar-refractivity contribution in [2.45, 2.75) is 290 Å². The number of hydrogen-bond acceptors (Lipinski definition) is 15. The summed E-state index contributed by atoms with van der Waals surface area (Å²) in [5.74, 6) is -2.40. The van der Waals surface area contributed by atoms with Crippen molar-refractivity contribution >= 4 is 39.5 Å². The molecule has 0 amide bonds. The van der Waals surface area contributed by atoms with Gasteiger partial charge in [0.1, 0.15) is 19.3 Å². The largest absolute Gasteiger partial charge is 0.472 e. The lowest BCUT2D eigenvalue weighted by Crippen LogP contribution is -2.30. The number of phosphoric ester groups is 2. The molecule has 0 aromatic heterocycles. The molecule has 104 heavy (non-hydrogen) atoms. The van der Waals surface area contributed by atoms with E-state index in [1.807, 2.05) is 18.2 Å². The minimum Gasteiger partial charge on any atom is -0.462 e. The quantitative estimate of drug-likeness (QED) is 0.0169. The lowest BCUT2D eigenvalue weighted by Gasteiger charge is -2.21. The Balaban J connectivity index is 5.48. The van der Waals surface area contributed by atoms with E-state index >= 15 is 0 Å². The van der Waals surface area contributed by atoms with E-state index in [2.05, 4.69) is 186 Å². The maximum Gasteiger partial charge on any atom is 0.472 e. The molecule has 588 valence electrons. The molecule has 0 bridgehead atoms. The zero-order valence-corrected chi connectivity index (χ0v) is 65.9. The second-order valence-corrected chi connectivity index (χ2v) is 28.1. The third-order valence-electron chi connectivity index (χ3n) is 15.4. The molecule has 0 heterocycles. The fourth-order valence-corrected chi connectivity index (χ4v) is 11.1. The van der Waals surface area contributed by atoms with Crippen molar-refractivity contribution in [3.05, 3.63) is 182 Å². The highest BCUT2D eigenvalue weighted by Crippen LogP contribution is 2.45. The van der Waals surface area contributed by atoms with E-state index in [-0.39, 0.29) is 25.7 Å². The van der Waals surface area contributed by atoms with Crippen molar-refractivity contribution < 1.29 is 80.2 Å². The summed E-state index contributed by atoms with van der Waals surface area (Å²) in [6.07, 6.45) is 90.5. The van der Waals surface area contributed by atoms with Gasteiger partial charge in [-0.3, -0.25) is 37.3 Å². The van der Waals surface area contributed by atoms with Crippen LogP contribution in [-0.2, 0) is 65.4 Å². The molecule has 0 aliphatic heterocycles. The van der Waals surface area contributed by atoms with E-state index in [1.54, 1.807) is 6.08 Å². The van der Waals surface area contributed by atoms with Gasteiger partial charge in [0.25, 0.3) is 0 Å². The fraction of sp³-hybridized carbons (Fsp3) is 0.600. The molecule has 5 unspecified atom stereocenters. The van der Waals surface area contributed by atoms with E-state index < -0.39 is 97.5 Å².